The summed E-state index contributed by atoms with van der Waals surface area (Å²) < 4.78 is 66.2. The Balaban J connectivity index is 2.35. The van der Waals surface area contributed by atoms with Gasteiger partial charge in [-0.25, -0.2) is 13.2 Å². The van der Waals surface area contributed by atoms with Crippen molar-refractivity contribution in [2.24, 2.45) is 0 Å². The molecular weight excluding hydrogens is 333 g/mol. The second-order valence-corrected chi connectivity index (χ2v) is 6.70. The third kappa shape index (κ3) is 4.10. The lowest BCUT2D eigenvalue weighted by molar-refractivity contribution is -0.138. The smallest absolute Gasteiger partial charge is 0.419 e. The van der Waals surface area contributed by atoms with Crippen molar-refractivity contribution in [3.8, 4) is 5.75 Å². The first-order chi connectivity index (χ1) is 10.6. The summed E-state index contributed by atoms with van der Waals surface area (Å²) in [5.74, 6) is -1.72. The average molecular weight is 344 g/mol. The van der Waals surface area contributed by atoms with Crippen LogP contribution in [0, 0.1) is 0 Å². The van der Waals surface area contributed by atoms with Crippen molar-refractivity contribution in [1.29, 1.82) is 0 Å². The van der Waals surface area contributed by atoms with E-state index in [2.05, 4.69) is 0 Å². The highest BCUT2D eigenvalue weighted by atomic mass is 32.2. The number of carbonyl (C=O) groups is 1. The van der Waals surface area contributed by atoms with Gasteiger partial charge in [0, 0.05) is 6.26 Å². The third-order valence-electron chi connectivity index (χ3n) is 2.89. The zero-order valence-corrected chi connectivity index (χ0v) is 12.6. The molecule has 0 aliphatic heterocycles. The quantitative estimate of drug-likeness (QED) is 0.633. The summed E-state index contributed by atoms with van der Waals surface area (Å²) >= 11 is 0. The van der Waals surface area contributed by atoms with E-state index in [-0.39, 0.29) is 10.5 Å². The highest BCUT2D eigenvalue weighted by molar-refractivity contribution is 7.90. The van der Waals surface area contributed by atoms with Crippen molar-refractivity contribution in [2.75, 3.05) is 6.26 Å². The lowest BCUT2D eigenvalue weighted by Gasteiger charge is -2.12. The van der Waals surface area contributed by atoms with Crippen LogP contribution in [0.4, 0.5) is 13.2 Å². The van der Waals surface area contributed by atoms with Crippen molar-refractivity contribution >= 4 is 15.8 Å². The Morgan fingerprint density at radius 2 is 1.70 bits per heavy atom. The summed E-state index contributed by atoms with van der Waals surface area (Å²) in [4.78, 5) is 11.9. The molecule has 0 heterocycles. The molecule has 0 N–H and O–H groups in total. The summed E-state index contributed by atoms with van der Waals surface area (Å²) in [5.41, 5.74) is -1.25. The largest absolute Gasteiger partial charge is 0.422 e. The van der Waals surface area contributed by atoms with Crippen LogP contribution in [0.5, 0.6) is 5.75 Å². The molecule has 2 rings (SSSR count). The van der Waals surface area contributed by atoms with Crippen LogP contribution in [0.3, 0.4) is 0 Å². The normalized spacial score (nSPS) is 12.0. The molecular formula is C15H11F3O4S. The Bertz CT molecular complexity index is 842. The maximum Gasteiger partial charge on any atom is 0.419 e. The molecule has 0 aromatic heterocycles. The number of alkyl halides is 3. The molecule has 0 aliphatic carbocycles. The van der Waals surface area contributed by atoms with Gasteiger partial charge in [0.25, 0.3) is 0 Å². The van der Waals surface area contributed by atoms with E-state index in [1.807, 2.05) is 0 Å². The second-order valence-electron chi connectivity index (χ2n) is 4.68. The maximum absolute atomic E-state index is 12.9. The van der Waals surface area contributed by atoms with Crippen LogP contribution in [0.2, 0.25) is 0 Å². The van der Waals surface area contributed by atoms with E-state index in [0.29, 0.717) is 0 Å². The van der Waals surface area contributed by atoms with Crippen molar-refractivity contribution in [3.63, 3.8) is 0 Å². The molecule has 4 nitrogen and oxygen atoms in total. The fourth-order valence-corrected chi connectivity index (χ4v) is 2.47. The number of rotatable bonds is 3. The van der Waals surface area contributed by atoms with Crippen LogP contribution in [0.25, 0.3) is 0 Å². The molecule has 0 spiro atoms. The van der Waals surface area contributed by atoms with E-state index < -0.39 is 33.3 Å². The van der Waals surface area contributed by atoms with E-state index in [4.69, 9.17) is 4.74 Å². The highest BCUT2D eigenvalue weighted by Gasteiger charge is 2.34. The molecule has 0 fully saturated rings. The SMILES string of the molecule is CS(=O)(=O)c1cccc(C(=O)Oc2ccccc2C(F)(F)F)c1. The Hall–Kier alpha value is -2.35. The zero-order chi connectivity index (χ0) is 17.3. The number of para-hydroxylation sites is 1. The predicted octanol–water partition coefficient (Wildman–Crippen LogP) is 3.33. The molecule has 0 unspecified atom stereocenters. The van der Waals surface area contributed by atoms with E-state index in [1.165, 1.54) is 30.3 Å². The van der Waals surface area contributed by atoms with Gasteiger partial charge in [-0.2, -0.15) is 13.2 Å². The van der Waals surface area contributed by atoms with Gasteiger partial charge in [0.2, 0.25) is 0 Å². The molecule has 0 aliphatic rings. The maximum atomic E-state index is 12.9. The molecule has 0 saturated heterocycles. The number of ether oxygens (including phenoxy) is 1. The summed E-state index contributed by atoms with van der Waals surface area (Å²) in [6, 6.07) is 9.16. The summed E-state index contributed by atoms with van der Waals surface area (Å²) in [6.45, 7) is 0. The second kappa shape index (κ2) is 6.04. The molecule has 0 radical (unpaired) electrons. The van der Waals surface area contributed by atoms with Crippen LogP contribution >= 0.6 is 0 Å². The van der Waals surface area contributed by atoms with Crippen LogP contribution < -0.4 is 4.74 Å². The van der Waals surface area contributed by atoms with Gasteiger partial charge in [0.05, 0.1) is 16.0 Å². The molecule has 8 heteroatoms. The van der Waals surface area contributed by atoms with Gasteiger partial charge < -0.3 is 4.74 Å². The first kappa shape index (κ1) is 17.0. The number of hydrogen-bond acceptors (Lipinski definition) is 4. The van der Waals surface area contributed by atoms with Crippen molar-refractivity contribution in [3.05, 3.63) is 59.7 Å². The highest BCUT2D eigenvalue weighted by Crippen LogP contribution is 2.36. The van der Waals surface area contributed by atoms with Gasteiger partial charge >= 0.3 is 12.1 Å². The lowest BCUT2D eigenvalue weighted by atomic mass is 10.2. The summed E-state index contributed by atoms with van der Waals surface area (Å²) in [6.07, 6.45) is -3.72. The Morgan fingerprint density at radius 3 is 2.30 bits per heavy atom. The molecule has 2 aromatic carbocycles. The van der Waals surface area contributed by atoms with Crippen LogP contribution in [0.1, 0.15) is 15.9 Å². The van der Waals surface area contributed by atoms with Gasteiger partial charge in [-0.3, -0.25) is 0 Å². The number of halogens is 3. The summed E-state index contributed by atoms with van der Waals surface area (Å²) in [7, 11) is -3.55. The van der Waals surface area contributed by atoms with E-state index in [9.17, 15) is 26.4 Å². The van der Waals surface area contributed by atoms with Gasteiger partial charge in [0.15, 0.2) is 9.84 Å². The standard InChI is InChI=1S/C15H11F3O4S/c1-23(20,21)11-6-4-5-10(9-11)14(19)22-13-8-3-2-7-12(13)15(16,17)18/h2-9H,1H3. The minimum atomic E-state index is -4.68. The van der Waals surface area contributed by atoms with Crippen LogP contribution in [-0.4, -0.2) is 20.6 Å². The topological polar surface area (TPSA) is 60.4 Å². The molecule has 0 atom stereocenters. The number of carbonyl (C=O) groups excluding carboxylic acids is 1. The molecule has 0 saturated carbocycles. The van der Waals surface area contributed by atoms with Crippen molar-refractivity contribution < 1.29 is 31.1 Å². The lowest BCUT2D eigenvalue weighted by Crippen LogP contribution is -2.14. The monoisotopic (exact) mass is 344 g/mol. The Labute approximate surface area is 130 Å². The average Bonchev–Trinajstić information content (AvgIpc) is 2.46. The van der Waals surface area contributed by atoms with Gasteiger partial charge in [-0.05, 0) is 30.3 Å². The number of esters is 1. The van der Waals surface area contributed by atoms with Crippen molar-refractivity contribution in [2.45, 2.75) is 11.1 Å². The first-order valence-corrected chi connectivity index (χ1v) is 8.17. The Kier molecular flexibility index (Phi) is 4.46. The minimum absolute atomic E-state index is 0.129. The van der Waals surface area contributed by atoms with Gasteiger partial charge in [-0.15, -0.1) is 0 Å². The van der Waals surface area contributed by atoms with Crippen LogP contribution in [0.15, 0.2) is 53.4 Å². The molecule has 2 aromatic rings. The molecule has 0 amide bonds. The van der Waals surface area contributed by atoms with E-state index in [1.54, 1.807) is 0 Å². The van der Waals surface area contributed by atoms with E-state index in [0.717, 1.165) is 24.5 Å². The molecule has 0 bridgehead atoms. The number of benzene rings is 2. The predicted molar refractivity (Wildman–Crippen MR) is 76.0 cm³/mol. The van der Waals surface area contributed by atoms with Crippen molar-refractivity contribution in [1.82, 2.24) is 0 Å². The fourth-order valence-electron chi connectivity index (χ4n) is 1.80. The fraction of sp³-hybridized carbons (Fsp3) is 0.133. The minimum Gasteiger partial charge on any atom is -0.422 e. The number of sulfone groups is 1. The Morgan fingerprint density at radius 1 is 1.04 bits per heavy atom. The number of hydrogen-bond donors (Lipinski definition) is 0. The summed E-state index contributed by atoms with van der Waals surface area (Å²) in [5, 5.41) is 0. The van der Waals surface area contributed by atoms with E-state index >= 15 is 0 Å². The third-order valence-corrected chi connectivity index (χ3v) is 4.00. The first-order valence-electron chi connectivity index (χ1n) is 6.27. The van der Waals surface area contributed by atoms with Gasteiger partial charge in [-0.1, -0.05) is 18.2 Å². The molecule has 122 valence electrons. The zero-order valence-electron chi connectivity index (χ0n) is 11.8. The van der Waals surface area contributed by atoms with Crippen LogP contribution in [-0.2, 0) is 16.0 Å². The molecule has 23 heavy (non-hydrogen) atoms. The van der Waals surface area contributed by atoms with Gasteiger partial charge in [0.1, 0.15) is 5.75 Å².